The second-order valence-corrected chi connectivity index (χ2v) is 7.17. The molecule has 2 rings (SSSR count). The number of anilines is 1. The van der Waals surface area contributed by atoms with Crippen LogP contribution >= 0.6 is 11.6 Å². The summed E-state index contributed by atoms with van der Waals surface area (Å²) in [4.78, 5) is 11.2. The molecule has 0 atom stereocenters. The van der Waals surface area contributed by atoms with E-state index in [1.54, 1.807) is 12.1 Å². The SMILES string of the molecule is CC1(C)CCC(O)(CNc2ccc(Cl)cc2C(=O)O)CC1. The molecule has 5 heteroatoms. The maximum Gasteiger partial charge on any atom is 0.337 e. The molecule has 1 aliphatic carbocycles. The van der Waals surface area contributed by atoms with Gasteiger partial charge in [-0.05, 0) is 49.3 Å². The van der Waals surface area contributed by atoms with Gasteiger partial charge in [-0.1, -0.05) is 25.4 Å². The fraction of sp³-hybridized carbons (Fsp3) is 0.562. The van der Waals surface area contributed by atoms with E-state index in [2.05, 4.69) is 19.2 Å². The number of carbonyl (C=O) groups is 1. The molecule has 1 saturated carbocycles. The topological polar surface area (TPSA) is 69.6 Å². The van der Waals surface area contributed by atoms with Crippen molar-refractivity contribution >= 4 is 23.3 Å². The molecule has 1 aromatic carbocycles. The van der Waals surface area contributed by atoms with Gasteiger partial charge in [0.25, 0.3) is 0 Å². The summed E-state index contributed by atoms with van der Waals surface area (Å²) >= 11 is 5.83. The molecular weight excluding hydrogens is 290 g/mol. The first-order valence-electron chi connectivity index (χ1n) is 7.20. The van der Waals surface area contributed by atoms with Crippen LogP contribution in [-0.4, -0.2) is 28.3 Å². The van der Waals surface area contributed by atoms with Gasteiger partial charge < -0.3 is 15.5 Å². The minimum atomic E-state index is -1.03. The Morgan fingerprint density at radius 2 is 1.90 bits per heavy atom. The summed E-state index contributed by atoms with van der Waals surface area (Å²) in [6.45, 7) is 4.77. The Bertz CT molecular complexity index is 532. The minimum absolute atomic E-state index is 0.127. The van der Waals surface area contributed by atoms with Gasteiger partial charge in [-0.25, -0.2) is 4.79 Å². The third-order valence-corrected chi connectivity index (χ3v) is 4.59. The van der Waals surface area contributed by atoms with E-state index in [-0.39, 0.29) is 11.0 Å². The number of halogens is 1. The molecule has 0 spiro atoms. The van der Waals surface area contributed by atoms with Crippen molar-refractivity contribution in [1.82, 2.24) is 0 Å². The van der Waals surface area contributed by atoms with E-state index in [0.29, 0.717) is 17.3 Å². The van der Waals surface area contributed by atoms with Crippen molar-refractivity contribution in [2.24, 2.45) is 5.41 Å². The maximum absolute atomic E-state index is 11.2. The molecule has 1 aliphatic rings. The zero-order valence-electron chi connectivity index (χ0n) is 12.4. The smallest absolute Gasteiger partial charge is 0.337 e. The van der Waals surface area contributed by atoms with Gasteiger partial charge in [-0.3, -0.25) is 0 Å². The third kappa shape index (κ3) is 4.11. The largest absolute Gasteiger partial charge is 0.478 e. The van der Waals surface area contributed by atoms with Gasteiger partial charge in [0, 0.05) is 17.3 Å². The van der Waals surface area contributed by atoms with Gasteiger partial charge in [0.15, 0.2) is 0 Å². The normalized spacial score (nSPS) is 20.0. The van der Waals surface area contributed by atoms with Crippen LogP contribution in [-0.2, 0) is 0 Å². The average molecular weight is 312 g/mol. The predicted octanol–water partition coefficient (Wildman–Crippen LogP) is 3.78. The zero-order valence-corrected chi connectivity index (χ0v) is 13.2. The van der Waals surface area contributed by atoms with E-state index in [1.165, 1.54) is 6.07 Å². The van der Waals surface area contributed by atoms with E-state index >= 15 is 0 Å². The van der Waals surface area contributed by atoms with Gasteiger partial charge in [0.1, 0.15) is 0 Å². The Morgan fingerprint density at radius 3 is 2.48 bits per heavy atom. The van der Waals surface area contributed by atoms with Crippen molar-refractivity contribution in [1.29, 1.82) is 0 Å². The molecule has 0 bridgehead atoms. The lowest BCUT2D eigenvalue weighted by atomic mass is 9.71. The number of hydrogen-bond acceptors (Lipinski definition) is 3. The molecule has 0 aromatic heterocycles. The van der Waals surface area contributed by atoms with Crippen molar-refractivity contribution < 1.29 is 15.0 Å². The number of carboxylic acid groups (broad SMARTS) is 1. The van der Waals surface area contributed by atoms with E-state index in [4.69, 9.17) is 11.6 Å². The van der Waals surface area contributed by atoms with Crippen molar-refractivity contribution in [2.45, 2.75) is 45.1 Å². The Kier molecular flexibility index (Phi) is 4.49. The fourth-order valence-electron chi connectivity index (χ4n) is 2.68. The Hall–Kier alpha value is -1.26. The summed E-state index contributed by atoms with van der Waals surface area (Å²) in [6, 6.07) is 4.70. The van der Waals surface area contributed by atoms with Crippen LogP contribution in [0.15, 0.2) is 18.2 Å². The predicted molar refractivity (Wildman–Crippen MR) is 84.1 cm³/mol. The average Bonchev–Trinajstić information content (AvgIpc) is 2.41. The number of aliphatic hydroxyl groups is 1. The molecule has 0 heterocycles. The van der Waals surface area contributed by atoms with Crippen LogP contribution in [0.1, 0.15) is 49.9 Å². The number of carboxylic acids is 1. The lowest BCUT2D eigenvalue weighted by Crippen LogP contribution is -2.42. The van der Waals surface area contributed by atoms with Crippen LogP contribution in [0.5, 0.6) is 0 Å². The molecule has 116 valence electrons. The molecule has 4 nitrogen and oxygen atoms in total. The highest BCUT2D eigenvalue weighted by Gasteiger charge is 2.36. The van der Waals surface area contributed by atoms with Crippen LogP contribution in [0.2, 0.25) is 5.02 Å². The van der Waals surface area contributed by atoms with Gasteiger partial charge in [-0.2, -0.15) is 0 Å². The molecule has 0 aliphatic heterocycles. The maximum atomic E-state index is 11.2. The van der Waals surface area contributed by atoms with Gasteiger partial charge in [-0.15, -0.1) is 0 Å². The summed E-state index contributed by atoms with van der Waals surface area (Å²) in [5.74, 6) is -1.03. The fourth-order valence-corrected chi connectivity index (χ4v) is 2.85. The van der Waals surface area contributed by atoms with Crippen molar-refractivity contribution in [2.75, 3.05) is 11.9 Å². The molecule has 0 unspecified atom stereocenters. The monoisotopic (exact) mass is 311 g/mol. The second-order valence-electron chi connectivity index (χ2n) is 6.74. The van der Waals surface area contributed by atoms with Gasteiger partial charge in [0.2, 0.25) is 0 Å². The Morgan fingerprint density at radius 1 is 1.29 bits per heavy atom. The number of nitrogens with one attached hydrogen (secondary N) is 1. The van der Waals surface area contributed by atoms with E-state index < -0.39 is 11.6 Å². The number of rotatable bonds is 4. The molecule has 1 fully saturated rings. The first-order chi connectivity index (χ1) is 9.71. The molecule has 3 N–H and O–H groups in total. The number of benzene rings is 1. The summed E-state index contributed by atoms with van der Waals surface area (Å²) in [5, 5.41) is 23.3. The zero-order chi connectivity index (χ0) is 15.7. The lowest BCUT2D eigenvalue weighted by molar-refractivity contribution is -0.0145. The molecule has 0 amide bonds. The van der Waals surface area contributed by atoms with Crippen LogP contribution < -0.4 is 5.32 Å². The van der Waals surface area contributed by atoms with Gasteiger partial charge >= 0.3 is 5.97 Å². The van der Waals surface area contributed by atoms with Crippen molar-refractivity contribution in [3.05, 3.63) is 28.8 Å². The van der Waals surface area contributed by atoms with Crippen LogP contribution in [0.4, 0.5) is 5.69 Å². The van der Waals surface area contributed by atoms with E-state index in [0.717, 1.165) is 25.7 Å². The molecule has 0 saturated heterocycles. The van der Waals surface area contributed by atoms with E-state index in [1.807, 2.05) is 0 Å². The third-order valence-electron chi connectivity index (χ3n) is 4.35. The minimum Gasteiger partial charge on any atom is -0.478 e. The second kappa shape index (κ2) is 5.85. The van der Waals surface area contributed by atoms with E-state index in [9.17, 15) is 15.0 Å². The summed E-state index contributed by atoms with van der Waals surface area (Å²) < 4.78 is 0. The van der Waals surface area contributed by atoms with Crippen molar-refractivity contribution in [3.63, 3.8) is 0 Å². The summed E-state index contributed by atoms with van der Waals surface area (Å²) in [6.07, 6.45) is 3.39. The summed E-state index contributed by atoms with van der Waals surface area (Å²) in [5.41, 5.74) is 0.122. The van der Waals surface area contributed by atoms with Crippen LogP contribution in [0.25, 0.3) is 0 Å². The summed E-state index contributed by atoms with van der Waals surface area (Å²) in [7, 11) is 0. The Balaban J connectivity index is 2.05. The molecule has 21 heavy (non-hydrogen) atoms. The highest BCUT2D eigenvalue weighted by molar-refractivity contribution is 6.31. The van der Waals surface area contributed by atoms with Crippen LogP contribution in [0.3, 0.4) is 0 Å². The standard InChI is InChI=1S/C16H22ClNO3/c1-15(2)5-7-16(21,8-6-15)10-18-13-4-3-11(17)9-12(13)14(19)20/h3-4,9,18,21H,5-8,10H2,1-2H3,(H,19,20). The van der Waals surface area contributed by atoms with Crippen LogP contribution in [0, 0.1) is 5.41 Å². The molecular formula is C16H22ClNO3. The molecule has 0 radical (unpaired) electrons. The quantitative estimate of drug-likeness (QED) is 0.791. The van der Waals surface area contributed by atoms with Crippen molar-refractivity contribution in [3.8, 4) is 0 Å². The molecule has 1 aromatic rings. The number of hydrogen-bond donors (Lipinski definition) is 3. The van der Waals surface area contributed by atoms with Gasteiger partial charge in [0.05, 0.1) is 11.2 Å². The Labute approximate surface area is 130 Å². The highest BCUT2D eigenvalue weighted by atomic mass is 35.5. The highest BCUT2D eigenvalue weighted by Crippen LogP contribution is 2.40. The first-order valence-corrected chi connectivity index (χ1v) is 7.58. The number of aromatic carboxylic acids is 1. The first kappa shape index (κ1) is 16.1. The lowest BCUT2D eigenvalue weighted by Gasteiger charge is -2.40.